The zero-order valence-electron chi connectivity index (χ0n) is 61.1. The van der Waals surface area contributed by atoms with Gasteiger partial charge in [-0.05, 0) is 121 Å². The van der Waals surface area contributed by atoms with E-state index in [2.05, 4.69) is 249 Å². The van der Waals surface area contributed by atoms with E-state index in [4.69, 9.17) is 58.7 Å². The van der Waals surface area contributed by atoms with E-state index in [1.54, 1.807) is 0 Å². The maximum absolute atomic E-state index is 6.27. The quantitative estimate of drug-likeness (QED) is 0.107. The van der Waals surface area contributed by atoms with E-state index in [1.807, 2.05) is 127 Å². The van der Waals surface area contributed by atoms with Crippen LogP contribution in [-0.4, -0.2) is 49.8 Å². The van der Waals surface area contributed by atoms with Crippen LogP contribution < -0.4 is 0 Å². The molecule has 0 spiro atoms. The molecule has 0 saturated carbocycles. The maximum Gasteiger partial charge on any atom is 0.164 e. The van der Waals surface area contributed by atoms with Crippen LogP contribution in [0.1, 0.15) is 0 Å². The molecule has 0 aliphatic rings. The third kappa shape index (κ3) is 12.8. The second kappa shape index (κ2) is 28.4. The van der Waals surface area contributed by atoms with Crippen LogP contribution in [0, 0.1) is 0 Å². The predicted molar refractivity (Wildman–Crippen MR) is 461 cm³/mol. The standard InChI is InChI=1S/2C51H31N5O/c1-3-9-32(10-4-1)33-19-23-38(24-20-33)50-54-49(37-11-5-2-6-12-37)55-51(56-50)39-25-21-35(22-26-39)34-15-17-36(18-16-34)40-27-29-43-45(31-40)53-47-44(52-43)30-28-42-41-13-7-8-14-46(41)57-48(42)47;1-3-9-32(10-4-1)33-19-23-38(24-20-33)50-54-49(37-11-5-2-6-12-37)55-51(56-50)39-25-21-35(22-26-39)34-15-17-36(18-16-34)40-27-28-43-44(29-40)53-46-31-48-42(30-45(46)52-43)41-13-7-8-14-47(41)57-48/h2*1-31H. The van der Waals surface area contributed by atoms with Gasteiger partial charge in [0.25, 0.3) is 0 Å². The van der Waals surface area contributed by atoms with Crippen molar-refractivity contribution in [1.29, 1.82) is 0 Å². The Hall–Kier alpha value is -15.7. The Morgan fingerprint density at radius 1 is 0.140 bits per heavy atom. The molecule has 0 radical (unpaired) electrons. The normalized spacial score (nSPS) is 11.5. The first-order chi connectivity index (χ1) is 56.4. The monoisotopic (exact) mass is 1460 g/mol. The van der Waals surface area contributed by atoms with Crippen molar-refractivity contribution in [2.45, 2.75) is 0 Å². The van der Waals surface area contributed by atoms with Crippen LogP contribution in [0.2, 0.25) is 0 Å². The molecule has 16 aromatic carbocycles. The molecule has 114 heavy (non-hydrogen) atoms. The molecule has 0 saturated heterocycles. The average Bonchev–Trinajstić information content (AvgIpc) is 1.57. The number of furan rings is 2. The minimum atomic E-state index is 0.626. The van der Waals surface area contributed by atoms with Crippen molar-refractivity contribution >= 4 is 88.0 Å². The van der Waals surface area contributed by atoms with Crippen molar-refractivity contribution in [3.05, 3.63) is 376 Å². The Balaban J connectivity index is 0.000000143. The minimum absolute atomic E-state index is 0.626. The van der Waals surface area contributed by atoms with Crippen LogP contribution in [0.25, 0.3) is 223 Å². The van der Waals surface area contributed by atoms with Gasteiger partial charge in [-0.25, -0.2) is 49.8 Å². The van der Waals surface area contributed by atoms with Gasteiger partial charge < -0.3 is 8.83 Å². The van der Waals surface area contributed by atoms with Crippen LogP contribution in [0.5, 0.6) is 0 Å². The topological polar surface area (TPSA) is 155 Å². The Morgan fingerprint density at radius 3 is 0.807 bits per heavy atom. The minimum Gasteiger partial charge on any atom is -0.456 e. The third-order valence-corrected chi connectivity index (χ3v) is 21.1. The summed E-state index contributed by atoms with van der Waals surface area (Å²) in [7, 11) is 0. The summed E-state index contributed by atoms with van der Waals surface area (Å²) in [5, 5.41) is 4.27. The summed E-state index contributed by atoms with van der Waals surface area (Å²) in [6, 6.07) is 129. The molecule has 0 N–H and O–H groups in total. The van der Waals surface area contributed by atoms with Gasteiger partial charge in [-0.15, -0.1) is 0 Å². The highest BCUT2D eigenvalue weighted by Gasteiger charge is 2.19. The van der Waals surface area contributed by atoms with Crippen molar-refractivity contribution in [2.24, 2.45) is 0 Å². The second-order valence-corrected chi connectivity index (χ2v) is 28.2. The van der Waals surface area contributed by atoms with Gasteiger partial charge in [0.05, 0.1) is 38.6 Å². The highest BCUT2D eigenvalue weighted by atomic mass is 16.3. The Morgan fingerprint density at radius 2 is 0.404 bits per heavy atom. The summed E-state index contributed by atoms with van der Waals surface area (Å²) in [6.45, 7) is 0. The first kappa shape index (κ1) is 66.5. The molecule has 0 atom stereocenters. The number of rotatable bonds is 12. The van der Waals surface area contributed by atoms with Crippen molar-refractivity contribution in [3.8, 4) is 135 Å². The highest BCUT2D eigenvalue weighted by molar-refractivity contribution is 6.14. The van der Waals surface area contributed by atoms with Gasteiger partial charge in [0.2, 0.25) is 0 Å². The van der Waals surface area contributed by atoms with Crippen molar-refractivity contribution in [1.82, 2.24) is 49.8 Å². The Kier molecular flexibility index (Phi) is 16.6. The average molecular weight is 1460 g/mol. The maximum atomic E-state index is 6.27. The summed E-state index contributed by atoms with van der Waals surface area (Å²) in [6.07, 6.45) is 0. The number of nitrogens with zero attached hydrogens (tertiary/aromatic N) is 10. The SMILES string of the molecule is c1ccc(-c2ccc(-c3nc(-c4ccccc4)nc(-c4ccc(-c5ccc(-c6ccc7nc8cc9c(cc8nc7c6)oc6ccccc69)cc5)cc4)n3)cc2)cc1.c1ccc(-c2ccc(-c3nc(-c4ccccc4)nc(-c4ccc(-c5ccc(-c6ccc7nc8ccc9c%10ccccc%10oc9c8nc7c6)cc5)cc4)n3)cc2)cc1. The van der Waals surface area contributed by atoms with E-state index >= 15 is 0 Å². The molecule has 0 bridgehead atoms. The lowest BCUT2D eigenvalue weighted by atomic mass is 9.99. The number of fused-ring (bicyclic) bond motifs is 11. The molecular weight excluding hydrogens is 1400 g/mol. The van der Waals surface area contributed by atoms with Gasteiger partial charge in [0.15, 0.2) is 40.5 Å². The molecular formula is C102H62N10O2. The van der Waals surface area contributed by atoms with E-state index < -0.39 is 0 Å². The van der Waals surface area contributed by atoms with Crippen LogP contribution in [0.15, 0.2) is 385 Å². The summed E-state index contributed by atoms with van der Waals surface area (Å²) in [5.74, 6) is 3.79. The lowest BCUT2D eigenvalue weighted by molar-refractivity contribution is 0.669. The molecule has 0 aliphatic heterocycles. The van der Waals surface area contributed by atoms with Crippen molar-refractivity contribution in [2.75, 3.05) is 0 Å². The van der Waals surface area contributed by atoms with Crippen LogP contribution in [0.3, 0.4) is 0 Å². The largest absolute Gasteiger partial charge is 0.456 e. The third-order valence-electron chi connectivity index (χ3n) is 21.1. The van der Waals surface area contributed by atoms with Crippen LogP contribution in [0.4, 0.5) is 0 Å². The number of hydrogen-bond donors (Lipinski definition) is 0. The van der Waals surface area contributed by atoms with Crippen LogP contribution >= 0.6 is 0 Å². The van der Waals surface area contributed by atoms with E-state index in [9.17, 15) is 0 Å². The fraction of sp³-hybridized carbons (Fsp3) is 0. The number of hydrogen-bond acceptors (Lipinski definition) is 12. The van der Waals surface area contributed by atoms with E-state index in [1.165, 1.54) is 11.1 Å². The van der Waals surface area contributed by atoms with E-state index in [0.717, 1.165) is 177 Å². The van der Waals surface area contributed by atoms with Crippen LogP contribution in [-0.2, 0) is 0 Å². The summed E-state index contributed by atoms with van der Waals surface area (Å²) in [4.78, 5) is 49.6. The Labute approximate surface area is 653 Å². The zero-order valence-corrected chi connectivity index (χ0v) is 61.1. The van der Waals surface area contributed by atoms with Gasteiger partial charge >= 0.3 is 0 Å². The number of aromatic nitrogens is 10. The fourth-order valence-electron chi connectivity index (χ4n) is 15.1. The summed E-state index contributed by atoms with van der Waals surface area (Å²) < 4.78 is 12.4. The molecule has 6 aromatic heterocycles. The molecule has 22 rings (SSSR count). The van der Waals surface area contributed by atoms with Gasteiger partial charge in [-0.1, -0.05) is 315 Å². The summed E-state index contributed by atoms with van der Waals surface area (Å²) >= 11 is 0. The van der Waals surface area contributed by atoms with Gasteiger partial charge in [0.1, 0.15) is 22.3 Å². The molecule has 6 heterocycles. The second-order valence-electron chi connectivity index (χ2n) is 28.2. The van der Waals surface area contributed by atoms with E-state index in [0.29, 0.717) is 34.9 Å². The fourth-order valence-corrected chi connectivity index (χ4v) is 15.1. The van der Waals surface area contributed by atoms with Crippen molar-refractivity contribution < 1.29 is 8.83 Å². The molecule has 12 nitrogen and oxygen atoms in total. The highest BCUT2D eigenvalue weighted by Crippen LogP contribution is 2.39. The lowest BCUT2D eigenvalue weighted by Crippen LogP contribution is -2.00. The lowest BCUT2D eigenvalue weighted by Gasteiger charge is -2.10. The van der Waals surface area contributed by atoms with Gasteiger partial charge in [-0.3, -0.25) is 0 Å². The van der Waals surface area contributed by atoms with Crippen molar-refractivity contribution in [3.63, 3.8) is 0 Å². The predicted octanol–water partition coefficient (Wildman–Crippen LogP) is 25.7. The molecule has 0 aliphatic carbocycles. The Bertz CT molecular complexity index is 7400. The smallest absolute Gasteiger partial charge is 0.164 e. The molecule has 0 fully saturated rings. The van der Waals surface area contributed by atoms with Gasteiger partial charge in [-0.2, -0.15) is 0 Å². The molecule has 532 valence electrons. The zero-order chi connectivity index (χ0) is 75.4. The number of benzene rings is 16. The van der Waals surface area contributed by atoms with E-state index in [-0.39, 0.29) is 0 Å². The molecule has 12 heteroatoms. The summed E-state index contributed by atoms with van der Waals surface area (Å²) in [5.41, 5.74) is 28.9. The molecule has 22 aromatic rings. The molecule has 0 unspecified atom stereocenters. The van der Waals surface area contributed by atoms with Gasteiger partial charge in [0, 0.05) is 61.0 Å². The first-order valence-electron chi connectivity index (χ1n) is 37.8. The molecule has 0 amide bonds. The first-order valence-corrected chi connectivity index (χ1v) is 37.8. The number of para-hydroxylation sites is 2.